The van der Waals surface area contributed by atoms with Gasteiger partial charge in [-0.2, -0.15) is 0 Å². The van der Waals surface area contributed by atoms with Gasteiger partial charge in [-0.15, -0.1) is 0 Å². The number of carboxylic acid groups (broad SMARTS) is 1. The van der Waals surface area contributed by atoms with Crippen LogP contribution in [-0.2, 0) is 16.1 Å². The molecule has 0 unspecified atom stereocenters. The molecule has 0 radical (unpaired) electrons. The first-order chi connectivity index (χ1) is 12.0. The number of carbonyl (C=O) groups excluding carboxylic acids is 1. The molecule has 0 spiro atoms. The van der Waals surface area contributed by atoms with Crippen molar-refractivity contribution in [1.29, 1.82) is 0 Å². The number of aromatic nitrogens is 2. The number of para-hydroxylation sites is 1. The molecule has 1 aromatic heterocycles. The summed E-state index contributed by atoms with van der Waals surface area (Å²) in [7, 11) is 0. The third-order valence-corrected chi connectivity index (χ3v) is 4.52. The molecule has 1 aliphatic rings. The maximum Gasteiger partial charge on any atom is 0.328 e. The summed E-state index contributed by atoms with van der Waals surface area (Å²) in [5, 5.41) is 9.54. The smallest absolute Gasteiger partial charge is 0.328 e. The number of amides is 1. The Hall–Kier alpha value is -2.90. The molecule has 8 nitrogen and oxygen atoms in total. The van der Waals surface area contributed by atoms with Gasteiger partial charge in [0.1, 0.15) is 6.04 Å². The quantitative estimate of drug-likeness (QED) is 0.821. The number of carbonyl (C=O) groups is 2. The lowest BCUT2D eigenvalue weighted by Gasteiger charge is -2.21. The monoisotopic (exact) mass is 345 g/mol. The molecular weight excluding hydrogens is 326 g/mol. The largest absolute Gasteiger partial charge is 0.480 e. The fourth-order valence-electron chi connectivity index (χ4n) is 3.26. The van der Waals surface area contributed by atoms with Gasteiger partial charge in [0.15, 0.2) is 0 Å². The van der Waals surface area contributed by atoms with Crippen LogP contribution < -0.4 is 11.2 Å². The van der Waals surface area contributed by atoms with Crippen LogP contribution in [0.3, 0.4) is 0 Å². The molecule has 0 aliphatic carbocycles. The number of nitrogens with zero attached hydrogens (tertiary/aromatic N) is 2. The van der Waals surface area contributed by atoms with Crippen LogP contribution in [0.15, 0.2) is 33.9 Å². The molecule has 0 bridgehead atoms. The number of hydrogen-bond acceptors (Lipinski definition) is 4. The zero-order valence-electron chi connectivity index (χ0n) is 13.6. The number of carboxylic acids is 1. The number of rotatable bonds is 5. The number of likely N-dealkylation sites (tertiary alicyclic amines) is 1. The van der Waals surface area contributed by atoms with E-state index in [1.165, 1.54) is 4.90 Å². The van der Waals surface area contributed by atoms with Gasteiger partial charge in [0, 0.05) is 19.5 Å². The fourth-order valence-corrected chi connectivity index (χ4v) is 3.26. The van der Waals surface area contributed by atoms with Crippen LogP contribution in [0, 0.1) is 0 Å². The first-order valence-corrected chi connectivity index (χ1v) is 8.23. The second-order valence-corrected chi connectivity index (χ2v) is 6.12. The van der Waals surface area contributed by atoms with E-state index in [0.717, 1.165) is 4.57 Å². The van der Waals surface area contributed by atoms with Crippen molar-refractivity contribution in [1.82, 2.24) is 14.5 Å². The van der Waals surface area contributed by atoms with Crippen molar-refractivity contribution in [2.24, 2.45) is 0 Å². The molecule has 132 valence electrons. The summed E-state index contributed by atoms with van der Waals surface area (Å²) < 4.78 is 1.08. The second-order valence-electron chi connectivity index (χ2n) is 6.12. The Balaban J connectivity index is 1.69. The zero-order chi connectivity index (χ0) is 18.0. The SMILES string of the molecule is O=C(O)[C@@H]1CCCN1C(=O)CCCn1c(=O)[nH]c2ccccc2c1=O. The van der Waals surface area contributed by atoms with Crippen LogP contribution in [0.25, 0.3) is 10.9 Å². The molecule has 2 heterocycles. The maximum atomic E-state index is 12.4. The number of aliphatic carboxylic acids is 1. The summed E-state index contributed by atoms with van der Waals surface area (Å²) in [4.78, 5) is 51.8. The minimum absolute atomic E-state index is 0.0997. The van der Waals surface area contributed by atoms with Crippen LogP contribution in [0.2, 0.25) is 0 Å². The predicted octanol–water partition coefficient (Wildman–Crippen LogP) is 0.546. The number of benzene rings is 1. The Morgan fingerprint density at radius 1 is 1.24 bits per heavy atom. The number of fused-ring (bicyclic) bond motifs is 1. The van der Waals surface area contributed by atoms with Crippen LogP contribution >= 0.6 is 0 Å². The van der Waals surface area contributed by atoms with E-state index in [1.54, 1.807) is 24.3 Å². The van der Waals surface area contributed by atoms with E-state index in [-0.39, 0.29) is 18.9 Å². The van der Waals surface area contributed by atoms with Crippen LogP contribution in [0.4, 0.5) is 0 Å². The van der Waals surface area contributed by atoms with Crippen LogP contribution in [-0.4, -0.2) is 44.0 Å². The van der Waals surface area contributed by atoms with Gasteiger partial charge in [-0.3, -0.25) is 14.2 Å². The molecule has 8 heteroatoms. The minimum atomic E-state index is -0.993. The summed E-state index contributed by atoms with van der Waals surface area (Å²) >= 11 is 0. The van der Waals surface area contributed by atoms with E-state index in [4.69, 9.17) is 5.11 Å². The number of hydrogen-bond donors (Lipinski definition) is 2. The van der Waals surface area contributed by atoms with Crippen molar-refractivity contribution >= 4 is 22.8 Å². The van der Waals surface area contributed by atoms with Crippen LogP contribution in [0.1, 0.15) is 25.7 Å². The van der Waals surface area contributed by atoms with Gasteiger partial charge in [-0.25, -0.2) is 9.59 Å². The third kappa shape index (κ3) is 3.33. The van der Waals surface area contributed by atoms with Gasteiger partial charge < -0.3 is 15.0 Å². The summed E-state index contributed by atoms with van der Waals surface area (Å²) in [6.45, 7) is 0.544. The Morgan fingerprint density at radius 2 is 2.00 bits per heavy atom. The lowest BCUT2D eigenvalue weighted by atomic mass is 10.2. The molecular formula is C17H19N3O5. The molecule has 3 rings (SSSR count). The van der Waals surface area contributed by atoms with Gasteiger partial charge in [-0.1, -0.05) is 12.1 Å². The molecule has 25 heavy (non-hydrogen) atoms. The van der Waals surface area contributed by atoms with Crippen molar-refractivity contribution in [2.45, 2.75) is 38.3 Å². The molecule has 1 atom stereocenters. The average Bonchev–Trinajstić information content (AvgIpc) is 3.08. The van der Waals surface area contributed by atoms with Crippen molar-refractivity contribution in [3.63, 3.8) is 0 Å². The standard InChI is InChI=1S/C17H19N3O5/c21-14(19-9-3-7-13(19)16(23)24)8-4-10-20-15(22)11-5-1-2-6-12(11)18-17(20)25/h1-2,5-6,13H,3-4,7-10H2,(H,18,25)(H,23,24)/t13-/m0/s1. The lowest BCUT2D eigenvalue weighted by molar-refractivity contribution is -0.148. The molecule has 1 amide bonds. The first-order valence-electron chi connectivity index (χ1n) is 8.23. The van der Waals surface area contributed by atoms with Crippen molar-refractivity contribution in [3.05, 3.63) is 45.1 Å². The lowest BCUT2D eigenvalue weighted by Crippen LogP contribution is -2.40. The average molecular weight is 345 g/mol. The zero-order valence-corrected chi connectivity index (χ0v) is 13.6. The van der Waals surface area contributed by atoms with Gasteiger partial charge in [0.25, 0.3) is 5.56 Å². The summed E-state index contributed by atoms with van der Waals surface area (Å²) in [6.07, 6.45) is 1.53. The second kappa shape index (κ2) is 6.92. The van der Waals surface area contributed by atoms with Gasteiger partial charge >= 0.3 is 11.7 Å². The molecule has 1 aromatic carbocycles. The number of aromatic amines is 1. The van der Waals surface area contributed by atoms with Gasteiger partial charge in [0.05, 0.1) is 10.9 Å². The summed E-state index contributed by atoms with van der Waals surface area (Å²) in [5.41, 5.74) is -0.427. The van der Waals surface area contributed by atoms with Gasteiger partial charge in [-0.05, 0) is 31.4 Å². The maximum absolute atomic E-state index is 12.4. The highest BCUT2D eigenvalue weighted by Crippen LogP contribution is 2.18. The van der Waals surface area contributed by atoms with Crippen molar-refractivity contribution < 1.29 is 14.7 Å². The third-order valence-electron chi connectivity index (χ3n) is 4.52. The first kappa shape index (κ1) is 16.9. The van der Waals surface area contributed by atoms with E-state index >= 15 is 0 Å². The highest BCUT2D eigenvalue weighted by Gasteiger charge is 2.33. The summed E-state index contributed by atoms with van der Waals surface area (Å²) in [6, 6.07) is 5.98. The molecule has 2 aromatic rings. The Labute approximate surface area is 142 Å². The molecule has 1 fully saturated rings. The van der Waals surface area contributed by atoms with E-state index in [1.807, 2.05) is 0 Å². The predicted molar refractivity (Wildman–Crippen MR) is 90.4 cm³/mol. The highest BCUT2D eigenvalue weighted by atomic mass is 16.4. The Kier molecular flexibility index (Phi) is 4.69. The van der Waals surface area contributed by atoms with Gasteiger partial charge in [0.2, 0.25) is 5.91 Å². The number of H-pyrrole nitrogens is 1. The molecule has 0 saturated carbocycles. The van der Waals surface area contributed by atoms with Crippen molar-refractivity contribution in [2.75, 3.05) is 6.54 Å². The molecule has 2 N–H and O–H groups in total. The minimum Gasteiger partial charge on any atom is -0.480 e. The molecule has 1 aliphatic heterocycles. The molecule has 1 saturated heterocycles. The van der Waals surface area contributed by atoms with E-state index in [2.05, 4.69) is 4.98 Å². The normalized spacial score (nSPS) is 17.1. The van der Waals surface area contributed by atoms with E-state index in [0.29, 0.717) is 36.7 Å². The topological polar surface area (TPSA) is 112 Å². The van der Waals surface area contributed by atoms with E-state index < -0.39 is 23.3 Å². The fraction of sp³-hybridized carbons (Fsp3) is 0.412. The Morgan fingerprint density at radius 3 is 2.76 bits per heavy atom. The van der Waals surface area contributed by atoms with E-state index in [9.17, 15) is 19.2 Å². The number of nitrogens with one attached hydrogen (secondary N) is 1. The van der Waals surface area contributed by atoms with Crippen LogP contribution in [0.5, 0.6) is 0 Å². The summed E-state index contributed by atoms with van der Waals surface area (Å²) in [5.74, 6) is -1.25. The highest BCUT2D eigenvalue weighted by molar-refractivity contribution is 5.84. The van der Waals surface area contributed by atoms with Crippen molar-refractivity contribution in [3.8, 4) is 0 Å². The Bertz CT molecular complexity index is 930.